The molecule has 132 valence electrons. The number of aryl methyl sites for hydroxylation is 1. The average Bonchev–Trinajstić information content (AvgIpc) is 2.96. The van der Waals surface area contributed by atoms with Gasteiger partial charge in [0.05, 0.1) is 22.7 Å². The lowest BCUT2D eigenvalue weighted by atomic mass is 10.1. The zero-order valence-corrected chi connectivity index (χ0v) is 16.0. The molecular weight excluding hydrogens is 366 g/mol. The summed E-state index contributed by atoms with van der Waals surface area (Å²) in [5.74, 6) is -0.0147. The maximum atomic E-state index is 12.2. The van der Waals surface area contributed by atoms with Crippen LogP contribution in [0.1, 0.15) is 33.3 Å². The number of aromatic nitrogens is 1. The van der Waals surface area contributed by atoms with Gasteiger partial charge in [0.2, 0.25) is 0 Å². The lowest BCUT2D eigenvalue weighted by Gasteiger charge is -2.07. The van der Waals surface area contributed by atoms with Gasteiger partial charge in [-0.25, -0.2) is 9.78 Å². The van der Waals surface area contributed by atoms with Crippen molar-refractivity contribution in [1.82, 2.24) is 4.98 Å². The number of ether oxygens (including phenoxy) is 1. The topological polar surface area (TPSA) is 89.0 Å². The second kappa shape index (κ2) is 7.77. The molecule has 0 amide bonds. The SMILES string of the molecule is CCOC(=O)c1sc(N)c(C#N)c1CSc1cc(C)c2ccccc2n1. The molecule has 3 aromatic rings. The van der Waals surface area contributed by atoms with E-state index >= 15 is 0 Å². The molecule has 0 fully saturated rings. The molecule has 0 aliphatic carbocycles. The van der Waals surface area contributed by atoms with E-state index < -0.39 is 5.97 Å². The van der Waals surface area contributed by atoms with Gasteiger partial charge >= 0.3 is 5.97 Å². The molecule has 0 spiro atoms. The molecule has 0 aliphatic rings. The first-order valence-corrected chi connectivity index (χ1v) is 9.82. The van der Waals surface area contributed by atoms with E-state index in [-0.39, 0.29) is 6.61 Å². The monoisotopic (exact) mass is 383 g/mol. The van der Waals surface area contributed by atoms with Gasteiger partial charge in [-0.15, -0.1) is 23.1 Å². The predicted molar refractivity (Wildman–Crippen MR) is 105 cm³/mol. The van der Waals surface area contributed by atoms with E-state index in [9.17, 15) is 10.1 Å². The summed E-state index contributed by atoms with van der Waals surface area (Å²) in [6.07, 6.45) is 0. The summed E-state index contributed by atoms with van der Waals surface area (Å²) in [7, 11) is 0. The van der Waals surface area contributed by atoms with E-state index in [0.29, 0.717) is 26.8 Å². The molecule has 5 nitrogen and oxygen atoms in total. The number of benzene rings is 1. The molecule has 0 aliphatic heterocycles. The summed E-state index contributed by atoms with van der Waals surface area (Å²) < 4.78 is 5.09. The number of rotatable bonds is 5. The number of nitrogens with two attached hydrogens (primary N) is 1. The molecule has 1 aromatic carbocycles. The van der Waals surface area contributed by atoms with Gasteiger partial charge in [-0.3, -0.25) is 0 Å². The van der Waals surface area contributed by atoms with Crippen molar-refractivity contribution in [2.24, 2.45) is 0 Å². The molecular formula is C19H17N3O2S2. The number of thioether (sulfide) groups is 1. The van der Waals surface area contributed by atoms with E-state index in [4.69, 9.17) is 10.5 Å². The Morgan fingerprint density at radius 1 is 1.42 bits per heavy atom. The van der Waals surface area contributed by atoms with E-state index in [1.165, 1.54) is 11.8 Å². The van der Waals surface area contributed by atoms with Crippen LogP contribution in [0.2, 0.25) is 0 Å². The summed E-state index contributed by atoms with van der Waals surface area (Å²) in [5.41, 5.74) is 8.94. The van der Waals surface area contributed by atoms with Crippen molar-refractivity contribution < 1.29 is 9.53 Å². The average molecular weight is 383 g/mol. The highest BCUT2D eigenvalue weighted by Crippen LogP contribution is 2.36. The van der Waals surface area contributed by atoms with Crippen molar-refractivity contribution in [2.45, 2.75) is 24.6 Å². The van der Waals surface area contributed by atoms with Gasteiger partial charge in [0, 0.05) is 16.7 Å². The van der Waals surface area contributed by atoms with Gasteiger partial charge in [-0.05, 0) is 31.5 Å². The van der Waals surface area contributed by atoms with Crippen LogP contribution in [-0.2, 0) is 10.5 Å². The van der Waals surface area contributed by atoms with Crippen molar-refractivity contribution in [2.75, 3.05) is 12.3 Å². The van der Waals surface area contributed by atoms with Crippen molar-refractivity contribution in [1.29, 1.82) is 5.26 Å². The molecule has 2 heterocycles. The van der Waals surface area contributed by atoms with Crippen LogP contribution in [0.25, 0.3) is 10.9 Å². The van der Waals surface area contributed by atoms with Crippen LogP contribution < -0.4 is 5.73 Å². The van der Waals surface area contributed by atoms with Crippen LogP contribution in [-0.4, -0.2) is 17.6 Å². The van der Waals surface area contributed by atoms with Crippen LogP contribution in [0.5, 0.6) is 0 Å². The van der Waals surface area contributed by atoms with Gasteiger partial charge in [-0.1, -0.05) is 18.2 Å². The molecule has 2 N–H and O–H groups in total. The van der Waals surface area contributed by atoms with E-state index in [1.807, 2.05) is 37.3 Å². The fourth-order valence-electron chi connectivity index (χ4n) is 2.65. The van der Waals surface area contributed by atoms with Gasteiger partial charge in [0.15, 0.2) is 0 Å². The van der Waals surface area contributed by atoms with Crippen LogP contribution in [0.15, 0.2) is 35.4 Å². The number of para-hydroxylation sites is 1. The van der Waals surface area contributed by atoms with Crippen LogP contribution in [0, 0.1) is 18.3 Å². The number of fused-ring (bicyclic) bond motifs is 1. The third kappa shape index (κ3) is 3.52. The summed E-state index contributed by atoms with van der Waals surface area (Å²) in [6.45, 7) is 4.06. The van der Waals surface area contributed by atoms with Gasteiger partial charge in [-0.2, -0.15) is 5.26 Å². The number of hydrogen-bond acceptors (Lipinski definition) is 7. The zero-order valence-electron chi connectivity index (χ0n) is 14.4. The Bertz CT molecular complexity index is 1020. The first kappa shape index (κ1) is 18.2. The van der Waals surface area contributed by atoms with E-state index in [0.717, 1.165) is 32.8 Å². The standard InChI is InChI=1S/C19H17N3O2S2/c1-3-24-19(23)17-14(13(9-20)18(21)26-17)10-25-16-8-11(2)12-6-4-5-7-15(12)22-16/h4-8H,3,10,21H2,1-2H3. The van der Waals surface area contributed by atoms with E-state index in [2.05, 4.69) is 11.1 Å². The Morgan fingerprint density at radius 3 is 2.92 bits per heavy atom. The smallest absolute Gasteiger partial charge is 0.348 e. The summed E-state index contributed by atoms with van der Waals surface area (Å²) in [6, 6.07) is 12.1. The maximum absolute atomic E-state index is 12.2. The van der Waals surface area contributed by atoms with E-state index in [1.54, 1.807) is 6.92 Å². The Labute approximate surface area is 159 Å². The first-order chi connectivity index (χ1) is 12.5. The van der Waals surface area contributed by atoms with Gasteiger partial charge in [0.1, 0.15) is 15.9 Å². The highest BCUT2D eigenvalue weighted by atomic mass is 32.2. The first-order valence-electron chi connectivity index (χ1n) is 8.02. The second-order valence-electron chi connectivity index (χ2n) is 5.56. The molecule has 0 saturated heterocycles. The summed E-state index contributed by atoms with van der Waals surface area (Å²) in [4.78, 5) is 17.2. The number of nitriles is 1. The van der Waals surface area contributed by atoms with Crippen LogP contribution in [0.4, 0.5) is 5.00 Å². The van der Waals surface area contributed by atoms with Gasteiger partial charge < -0.3 is 10.5 Å². The number of pyridine rings is 1. The third-order valence-corrected chi connectivity index (χ3v) is 5.85. The minimum atomic E-state index is -0.441. The highest BCUT2D eigenvalue weighted by molar-refractivity contribution is 7.98. The minimum Gasteiger partial charge on any atom is -0.462 e. The molecule has 0 atom stereocenters. The Morgan fingerprint density at radius 2 is 2.19 bits per heavy atom. The number of hydrogen-bond donors (Lipinski definition) is 1. The van der Waals surface area contributed by atoms with Crippen molar-refractivity contribution in [3.8, 4) is 6.07 Å². The number of carbonyl (C=O) groups excluding carboxylic acids is 1. The van der Waals surface area contributed by atoms with Crippen LogP contribution in [0.3, 0.4) is 0 Å². The number of esters is 1. The molecule has 26 heavy (non-hydrogen) atoms. The Hall–Kier alpha value is -2.56. The highest BCUT2D eigenvalue weighted by Gasteiger charge is 2.23. The van der Waals surface area contributed by atoms with Crippen molar-refractivity contribution in [3.05, 3.63) is 51.9 Å². The largest absolute Gasteiger partial charge is 0.462 e. The van der Waals surface area contributed by atoms with Crippen molar-refractivity contribution in [3.63, 3.8) is 0 Å². The van der Waals surface area contributed by atoms with Gasteiger partial charge in [0.25, 0.3) is 0 Å². The maximum Gasteiger partial charge on any atom is 0.348 e. The molecule has 3 rings (SSSR count). The zero-order chi connectivity index (χ0) is 18.7. The van der Waals surface area contributed by atoms with Crippen LogP contribution >= 0.6 is 23.1 Å². The molecule has 0 saturated carbocycles. The van der Waals surface area contributed by atoms with Crippen molar-refractivity contribution >= 4 is 45.0 Å². The second-order valence-corrected chi connectivity index (χ2v) is 7.61. The Kier molecular flexibility index (Phi) is 5.45. The molecule has 0 bridgehead atoms. The summed E-state index contributed by atoms with van der Waals surface area (Å²) in [5, 5.41) is 11.7. The Balaban J connectivity index is 1.92. The normalized spacial score (nSPS) is 10.7. The lowest BCUT2D eigenvalue weighted by Crippen LogP contribution is -2.05. The molecule has 0 unspecified atom stereocenters. The number of anilines is 1. The molecule has 0 radical (unpaired) electrons. The fraction of sp³-hybridized carbons (Fsp3) is 0.211. The predicted octanol–water partition coefficient (Wildman–Crippen LogP) is 4.53. The number of thiophene rings is 1. The number of nitrogens with zero attached hydrogens (tertiary/aromatic N) is 2. The molecule has 7 heteroatoms. The summed E-state index contributed by atoms with van der Waals surface area (Å²) >= 11 is 2.58. The fourth-order valence-corrected chi connectivity index (χ4v) is 4.67. The third-order valence-electron chi connectivity index (χ3n) is 3.87. The minimum absolute atomic E-state index is 0.274. The quantitative estimate of drug-likeness (QED) is 0.514. The number of carbonyl (C=O) groups is 1. The lowest BCUT2D eigenvalue weighted by molar-refractivity contribution is 0.0531. The molecule has 2 aromatic heterocycles. The number of nitrogen functional groups attached to an aromatic ring is 1.